The highest BCUT2D eigenvalue weighted by Gasteiger charge is 2.17. The van der Waals surface area contributed by atoms with Crippen molar-refractivity contribution in [1.82, 2.24) is 25.2 Å². The van der Waals surface area contributed by atoms with E-state index in [0.29, 0.717) is 6.04 Å². The van der Waals surface area contributed by atoms with Gasteiger partial charge in [-0.15, -0.1) is 5.10 Å². The molecule has 2 aromatic heterocycles. The van der Waals surface area contributed by atoms with Crippen molar-refractivity contribution in [3.63, 3.8) is 0 Å². The van der Waals surface area contributed by atoms with E-state index in [1.54, 1.807) is 0 Å². The zero-order valence-electron chi connectivity index (χ0n) is 11.0. The minimum absolute atomic E-state index is 0.404. The van der Waals surface area contributed by atoms with Gasteiger partial charge in [0.2, 0.25) is 0 Å². The number of aromatic nitrogens is 5. The highest BCUT2D eigenvalue weighted by atomic mass is 16.5. The lowest BCUT2D eigenvalue weighted by Gasteiger charge is -2.21. The van der Waals surface area contributed by atoms with Gasteiger partial charge in [0.1, 0.15) is 5.69 Å². The van der Waals surface area contributed by atoms with Crippen molar-refractivity contribution in [2.45, 2.75) is 18.9 Å². The van der Waals surface area contributed by atoms with Gasteiger partial charge < -0.3 is 4.74 Å². The molecule has 0 bridgehead atoms. The van der Waals surface area contributed by atoms with E-state index >= 15 is 0 Å². The number of benzene rings is 1. The fourth-order valence-electron chi connectivity index (χ4n) is 2.63. The number of ether oxygens (including phenoxy) is 1. The maximum atomic E-state index is 5.38. The number of hydrogen-bond acceptors (Lipinski definition) is 4. The Morgan fingerprint density at radius 2 is 2.15 bits per heavy atom. The third-order valence-electron chi connectivity index (χ3n) is 3.81. The number of H-pyrrole nitrogens is 1. The second kappa shape index (κ2) is 4.72. The van der Waals surface area contributed by atoms with E-state index in [9.17, 15) is 0 Å². The van der Waals surface area contributed by atoms with Crippen LogP contribution in [0.1, 0.15) is 18.9 Å². The second-order valence-corrected chi connectivity index (χ2v) is 5.10. The van der Waals surface area contributed by atoms with E-state index in [2.05, 4.69) is 32.6 Å². The van der Waals surface area contributed by atoms with E-state index in [4.69, 9.17) is 4.74 Å². The molecule has 0 spiro atoms. The third kappa shape index (κ3) is 1.98. The summed E-state index contributed by atoms with van der Waals surface area (Å²) in [7, 11) is 0. The molecular formula is C14H15N5O. The quantitative estimate of drug-likeness (QED) is 0.774. The first kappa shape index (κ1) is 11.6. The summed E-state index contributed by atoms with van der Waals surface area (Å²) < 4.78 is 7.35. The van der Waals surface area contributed by atoms with Gasteiger partial charge in [-0.2, -0.15) is 5.10 Å². The molecule has 6 nitrogen and oxygen atoms in total. The van der Waals surface area contributed by atoms with E-state index in [0.717, 1.165) is 48.2 Å². The normalized spacial score (nSPS) is 16.8. The van der Waals surface area contributed by atoms with E-state index in [-0.39, 0.29) is 0 Å². The van der Waals surface area contributed by atoms with Crippen molar-refractivity contribution < 1.29 is 4.74 Å². The second-order valence-electron chi connectivity index (χ2n) is 5.10. The number of fused-ring (bicyclic) bond motifs is 1. The predicted molar refractivity (Wildman–Crippen MR) is 74.2 cm³/mol. The third-order valence-corrected chi connectivity index (χ3v) is 3.81. The molecule has 102 valence electrons. The molecular weight excluding hydrogens is 254 g/mol. The number of rotatable bonds is 2. The lowest BCUT2D eigenvalue weighted by molar-refractivity contribution is 0.0657. The van der Waals surface area contributed by atoms with Gasteiger partial charge in [0.15, 0.2) is 0 Å². The van der Waals surface area contributed by atoms with Crippen LogP contribution in [0.3, 0.4) is 0 Å². The molecule has 3 aromatic rings. The number of hydrogen-bond donors (Lipinski definition) is 1. The molecule has 0 aliphatic carbocycles. The Morgan fingerprint density at radius 1 is 1.25 bits per heavy atom. The monoisotopic (exact) mass is 269 g/mol. The summed E-state index contributed by atoms with van der Waals surface area (Å²) in [5.41, 5.74) is 2.97. The average molecular weight is 269 g/mol. The van der Waals surface area contributed by atoms with Gasteiger partial charge in [-0.25, -0.2) is 4.68 Å². The van der Waals surface area contributed by atoms with Gasteiger partial charge in [-0.1, -0.05) is 17.3 Å². The predicted octanol–water partition coefficient (Wildman–Crippen LogP) is 2.17. The molecule has 0 radical (unpaired) electrons. The van der Waals surface area contributed by atoms with Crippen molar-refractivity contribution in [2.24, 2.45) is 0 Å². The summed E-state index contributed by atoms with van der Waals surface area (Å²) in [5, 5.41) is 16.7. The van der Waals surface area contributed by atoms with E-state index < -0.39 is 0 Å². The van der Waals surface area contributed by atoms with Crippen LogP contribution >= 0.6 is 0 Å². The number of nitrogens with zero attached hydrogens (tertiary/aromatic N) is 4. The lowest BCUT2D eigenvalue weighted by atomic mass is 10.1. The van der Waals surface area contributed by atoms with Gasteiger partial charge in [0.05, 0.1) is 24.0 Å². The average Bonchev–Trinajstić information content (AvgIpc) is 3.16. The van der Waals surface area contributed by atoms with Crippen LogP contribution in [0, 0.1) is 0 Å². The molecule has 1 aromatic carbocycles. The Bertz CT molecular complexity index is 726. The minimum Gasteiger partial charge on any atom is -0.381 e. The number of aromatic amines is 1. The topological polar surface area (TPSA) is 68.6 Å². The van der Waals surface area contributed by atoms with Crippen LogP contribution in [0.2, 0.25) is 0 Å². The van der Waals surface area contributed by atoms with Crippen LogP contribution in [0.4, 0.5) is 0 Å². The molecule has 3 heterocycles. The van der Waals surface area contributed by atoms with Gasteiger partial charge in [-0.05, 0) is 18.9 Å². The summed E-state index contributed by atoms with van der Waals surface area (Å²) >= 11 is 0. The van der Waals surface area contributed by atoms with Gasteiger partial charge in [0, 0.05) is 24.2 Å². The standard InChI is InChI=1S/C14H15N5O/c1-2-11-8-15-16-13(11)7-10(1)14-9-19(18-17-14)12-3-5-20-6-4-12/h1-2,7-9,12H,3-6H2,(H,15,16). The molecule has 1 saturated heterocycles. The van der Waals surface area contributed by atoms with Crippen molar-refractivity contribution in [1.29, 1.82) is 0 Å². The molecule has 0 unspecified atom stereocenters. The fraction of sp³-hybridized carbons (Fsp3) is 0.357. The summed E-state index contributed by atoms with van der Waals surface area (Å²) in [4.78, 5) is 0. The molecule has 1 aliphatic heterocycles. The Morgan fingerprint density at radius 3 is 3.05 bits per heavy atom. The van der Waals surface area contributed by atoms with E-state index in [1.807, 2.05) is 23.1 Å². The smallest absolute Gasteiger partial charge is 0.113 e. The molecule has 20 heavy (non-hydrogen) atoms. The molecule has 1 N–H and O–H groups in total. The summed E-state index contributed by atoms with van der Waals surface area (Å²) in [6, 6.07) is 6.55. The molecule has 6 heteroatoms. The van der Waals surface area contributed by atoms with Crippen LogP contribution in [0.25, 0.3) is 22.2 Å². The van der Waals surface area contributed by atoms with Crippen LogP contribution in [-0.4, -0.2) is 38.4 Å². The SMILES string of the molecule is c1cc2cn[nH]c2cc1-c1cn(C2CCOCC2)nn1. The summed E-state index contributed by atoms with van der Waals surface area (Å²) in [5.74, 6) is 0. The molecule has 0 amide bonds. The zero-order chi connectivity index (χ0) is 13.4. The zero-order valence-corrected chi connectivity index (χ0v) is 11.0. The molecule has 1 aliphatic rings. The van der Waals surface area contributed by atoms with E-state index in [1.165, 1.54) is 0 Å². The Labute approximate surface area is 115 Å². The Kier molecular flexibility index (Phi) is 2.74. The molecule has 0 atom stereocenters. The molecule has 1 fully saturated rings. The first-order valence-electron chi connectivity index (χ1n) is 6.83. The van der Waals surface area contributed by atoms with Gasteiger partial charge in [-0.3, -0.25) is 5.10 Å². The molecule has 4 rings (SSSR count). The summed E-state index contributed by atoms with van der Waals surface area (Å²) in [6.45, 7) is 1.61. The maximum Gasteiger partial charge on any atom is 0.113 e. The van der Waals surface area contributed by atoms with Crippen molar-refractivity contribution in [2.75, 3.05) is 13.2 Å². The van der Waals surface area contributed by atoms with Crippen LogP contribution in [0.15, 0.2) is 30.6 Å². The minimum atomic E-state index is 0.404. The largest absolute Gasteiger partial charge is 0.381 e. The first-order chi connectivity index (χ1) is 9.90. The van der Waals surface area contributed by atoms with Crippen molar-refractivity contribution >= 4 is 10.9 Å². The van der Waals surface area contributed by atoms with Crippen LogP contribution in [-0.2, 0) is 4.74 Å². The van der Waals surface area contributed by atoms with Crippen molar-refractivity contribution in [3.05, 3.63) is 30.6 Å². The van der Waals surface area contributed by atoms with Gasteiger partial charge >= 0.3 is 0 Å². The lowest BCUT2D eigenvalue weighted by Crippen LogP contribution is -2.19. The van der Waals surface area contributed by atoms with Crippen molar-refractivity contribution in [3.8, 4) is 11.3 Å². The highest BCUT2D eigenvalue weighted by molar-refractivity contribution is 5.82. The number of nitrogens with one attached hydrogen (secondary N) is 1. The first-order valence-corrected chi connectivity index (χ1v) is 6.83. The maximum absolute atomic E-state index is 5.38. The molecule has 0 saturated carbocycles. The Balaban J connectivity index is 1.66. The van der Waals surface area contributed by atoms with Gasteiger partial charge in [0.25, 0.3) is 0 Å². The summed E-state index contributed by atoms with van der Waals surface area (Å²) in [6.07, 6.45) is 5.84. The Hall–Kier alpha value is -2.21. The van der Waals surface area contributed by atoms with Crippen LogP contribution < -0.4 is 0 Å². The van der Waals surface area contributed by atoms with Crippen LogP contribution in [0.5, 0.6) is 0 Å². The highest BCUT2D eigenvalue weighted by Crippen LogP contribution is 2.24. The fourth-order valence-corrected chi connectivity index (χ4v) is 2.63.